The first-order chi connectivity index (χ1) is 8.11. The number of amidine groups is 1. The maximum absolute atomic E-state index is 8.81. The molecule has 1 aliphatic heterocycles. The summed E-state index contributed by atoms with van der Waals surface area (Å²) in [5.74, 6) is 0.109. The molecule has 92 valence electrons. The van der Waals surface area contributed by atoms with Crippen molar-refractivity contribution in [2.24, 2.45) is 10.9 Å². The van der Waals surface area contributed by atoms with E-state index in [1.54, 1.807) is 11.8 Å². The molecule has 0 saturated carbocycles. The zero-order valence-electron chi connectivity index (χ0n) is 9.80. The lowest BCUT2D eigenvalue weighted by atomic mass is 10.1. The Morgan fingerprint density at radius 2 is 2.29 bits per heavy atom. The maximum atomic E-state index is 8.81. The van der Waals surface area contributed by atoms with Gasteiger partial charge < -0.3 is 15.7 Å². The van der Waals surface area contributed by atoms with Gasteiger partial charge in [0.05, 0.1) is 24.0 Å². The van der Waals surface area contributed by atoms with E-state index in [0.717, 1.165) is 35.1 Å². The number of aromatic nitrogens is 1. The minimum absolute atomic E-state index is 0.109. The Morgan fingerprint density at radius 1 is 1.59 bits per heavy atom. The number of thioether (sulfide) groups is 1. The summed E-state index contributed by atoms with van der Waals surface area (Å²) in [6.45, 7) is 5.33. The van der Waals surface area contributed by atoms with Gasteiger partial charge in [-0.25, -0.2) is 4.98 Å². The number of nitrogens with two attached hydrogens (primary N) is 1. The third kappa shape index (κ3) is 2.53. The molecule has 0 radical (unpaired) electrons. The van der Waals surface area contributed by atoms with Crippen LogP contribution in [0.1, 0.15) is 16.8 Å². The fourth-order valence-corrected chi connectivity index (χ4v) is 2.91. The smallest absolute Gasteiger partial charge is 0.173 e. The third-order valence-electron chi connectivity index (χ3n) is 2.56. The maximum Gasteiger partial charge on any atom is 0.173 e. The van der Waals surface area contributed by atoms with Gasteiger partial charge in [-0.1, -0.05) is 16.9 Å². The molecule has 5 nitrogen and oxygen atoms in total. The number of aryl methyl sites for hydroxylation is 2. The van der Waals surface area contributed by atoms with Gasteiger partial charge in [0, 0.05) is 5.69 Å². The Bertz CT molecular complexity index is 458. The van der Waals surface area contributed by atoms with Crippen molar-refractivity contribution < 1.29 is 9.94 Å². The predicted octanol–water partition coefficient (Wildman–Crippen LogP) is 1.28. The van der Waals surface area contributed by atoms with Gasteiger partial charge >= 0.3 is 0 Å². The number of hydrogen-bond donors (Lipinski definition) is 2. The van der Waals surface area contributed by atoms with E-state index in [-0.39, 0.29) is 5.84 Å². The zero-order valence-corrected chi connectivity index (χ0v) is 10.6. The summed E-state index contributed by atoms with van der Waals surface area (Å²) in [5.41, 5.74) is 8.31. The Labute approximate surface area is 104 Å². The largest absolute Gasteiger partial charge is 0.409 e. The molecule has 2 heterocycles. The molecule has 3 N–H and O–H groups in total. The number of oxime groups is 1. The first-order valence-corrected chi connectivity index (χ1v) is 6.20. The van der Waals surface area contributed by atoms with Gasteiger partial charge in [-0.2, -0.15) is 0 Å². The summed E-state index contributed by atoms with van der Waals surface area (Å²) < 4.78 is 5.13. The van der Waals surface area contributed by atoms with Crippen LogP contribution in [0.5, 0.6) is 0 Å². The number of ether oxygens (including phenoxy) is 1. The highest BCUT2D eigenvalue weighted by Crippen LogP contribution is 2.30. The molecule has 1 aliphatic rings. The van der Waals surface area contributed by atoms with Gasteiger partial charge in [-0.3, -0.25) is 0 Å². The van der Waals surface area contributed by atoms with Crippen LogP contribution >= 0.6 is 11.8 Å². The SMILES string of the molecule is Cc1cc(C)c(C(N)=NO)c(SC2COC2)n1. The lowest BCUT2D eigenvalue weighted by molar-refractivity contribution is 0.0454. The summed E-state index contributed by atoms with van der Waals surface area (Å²) in [5, 5.41) is 13.1. The molecule has 0 unspecified atom stereocenters. The average Bonchev–Trinajstić information content (AvgIpc) is 2.22. The molecule has 0 spiro atoms. The van der Waals surface area contributed by atoms with Crippen molar-refractivity contribution in [3.63, 3.8) is 0 Å². The minimum atomic E-state index is 0.109. The quantitative estimate of drug-likeness (QED) is 0.367. The van der Waals surface area contributed by atoms with E-state index < -0.39 is 0 Å². The first-order valence-electron chi connectivity index (χ1n) is 5.32. The highest BCUT2D eigenvalue weighted by Gasteiger charge is 2.23. The van der Waals surface area contributed by atoms with E-state index in [1.165, 1.54) is 0 Å². The molecular formula is C11H15N3O2S. The Kier molecular flexibility index (Phi) is 3.54. The van der Waals surface area contributed by atoms with Crippen LogP contribution in [0.4, 0.5) is 0 Å². The molecule has 1 saturated heterocycles. The van der Waals surface area contributed by atoms with E-state index in [4.69, 9.17) is 15.7 Å². The molecule has 1 aromatic rings. The molecule has 1 fully saturated rings. The lowest BCUT2D eigenvalue weighted by Gasteiger charge is -2.25. The summed E-state index contributed by atoms with van der Waals surface area (Å²) >= 11 is 1.62. The summed E-state index contributed by atoms with van der Waals surface area (Å²) in [7, 11) is 0. The first kappa shape index (κ1) is 12.2. The molecule has 17 heavy (non-hydrogen) atoms. The zero-order chi connectivity index (χ0) is 12.4. The van der Waals surface area contributed by atoms with E-state index in [9.17, 15) is 0 Å². The van der Waals surface area contributed by atoms with Crippen LogP contribution in [0.25, 0.3) is 0 Å². The average molecular weight is 253 g/mol. The topological polar surface area (TPSA) is 80.7 Å². The minimum Gasteiger partial charge on any atom is -0.409 e. The van der Waals surface area contributed by atoms with E-state index in [0.29, 0.717) is 5.25 Å². The van der Waals surface area contributed by atoms with Crippen molar-refractivity contribution in [2.75, 3.05) is 13.2 Å². The molecule has 1 aromatic heterocycles. The van der Waals surface area contributed by atoms with Crippen LogP contribution in [0.2, 0.25) is 0 Å². The Morgan fingerprint density at radius 3 is 2.82 bits per heavy atom. The van der Waals surface area contributed by atoms with Crippen LogP contribution in [0.3, 0.4) is 0 Å². The highest BCUT2D eigenvalue weighted by molar-refractivity contribution is 8.00. The van der Waals surface area contributed by atoms with Crippen LogP contribution < -0.4 is 5.73 Å². The molecule has 0 amide bonds. The van der Waals surface area contributed by atoms with Crippen molar-refractivity contribution in [3.8, 4) is 0 Å². The van der Waals surface area contributed by atoms with Gasteiger partial charge in [0.2, 0.25) is 0 Å². The van der Waals surface area contributed by atoms with Gasteiger partial charge in [0.15, 0.2) is 5.84 Å². The van der Waals surface area contributed by atoms with Crippen LogP contribution in [-0.4, -0.2) is 34.5 Å². The van der Waals surface area contributed by atoms with E-state index in [2.05, 4.69) is 10.1 Å². The van der Waals surface area contributed by atoms with Gasteiger partial charge in [-0.15, -0.1) is 0 Å². The molecule has 0 atom stereocenters. The molecule has 6 heteroatoms. The molecule has 0 aromatic carbocycles. The summed E-state index contributed by atoms with van der Waals surface area (Å²) in [6, 6.07) is 1.93. The second-order valence-electron chi connectivity index (χ2n) is 4.02. The van der Waals surface area contributed by atoms with E-state index >= 15 is 0 Å². The van der Waals surface area contributed by atoms with Gasteiger partial charge in [0.25, 0.3) is 0 Å². The van der Waals surface area contributed by atoms with Crippen molar-refractivity contribution in [3.05, 3.63) is 22.9 Å². The molecule has 2 rings (SSSR count). The van der Waals surface area contributed by atoms with Gasteiger partial charge in [-0.05, 0) is 25.5 Å². The van der Waals surface area contributed by atoms with Crippen molar-refractivity contribution >= 4 is 17.6 Å². The number of rotatable bonds is 3. The molecule has 0 bridgehead atoms. The Hall–Kier alpha value is -1.27. The monoisotopic (exact) mass is 253 g/mol. The highest BCUT2D eigenvalue weighted by atomic mass is 32.2. The van der Waals surface area contributed by atoms with Crippen LogP contribution in [0.15, 0.2) is 16.2 Å². The Balaban J connectivity index is 2.39. The fourth-order valence-electron chi connectivity index (χ4n) is 1.69. The van der Waals surface area contributed by atoms with E-state index in [1.807, 2.05) is 19.9 Å². The standard InChI is InChI=1S/C11H15N3O2S/c1-6-3-7(2)13-11(9(6)10(12)14-15)17-8-4-16-5-8/h3,8,15H,4-5H2,1-2H3,(H2,12,14). The van der Waals surface area contributed by atoms with Gasteiger partial charge in [0.1, 0.15) is 5.03 Å². The van der Waals surface area contributed by atoms with Crippen LogP contribution in [0, 0.1) is 13.8 Å². The molecular weight excluding hydrogens is 238 g/mol. The van der Waals surface area contributed by atoms with Crippen molar-refractivity contribution in [1.29, 1.82) is 0 Å². The van der Waals surface area contributed by atoms with Crippen molar-refractivity contribution in [2.45, 2.75) is 24.1 Å². The fraction of sp³-hybridized carbons (Fsp3) is 0.455. The molecule has 0 aliphatic carbocycles. The normalized spacial score (nSPS) is 16.9. The van der Waals surface area contributed by atoms with Crippen molar-refractivity contribution in [1.82, 2.24) is 4.98 Å². The second-order valence-corrected chi connectivity index (χ2v) is 5.31. The summed E-state index contributed by atoms with van der Waals surface area (Å²) in [6.07, 6.45) is 0. The number of hydrogen-bond acceptors (Lipinski definition) is 5. The summed E-state index contributed by atoms with van der Waals surface area (Å²) in [4.78, 5) is 4.46. The van der Waals surface area contributed by atoms with Crippen LogP contribution in [-0.2, 0) is 4.74 Å². The third-order valence-corrected chi connectivity index (χ3v) is 3.69. The number of pyridine rings is 1. The second kappa shape index (κ2) is 4.93. The number of nitrogens with zero attached hydrogens (tertiary/aromatic N) is 2. The lowest BCUT2D eigenvalue weighted by Crippen LogP contribution is -2.31. The predicted molar refractivity (Wildman–Crippen MR) is 66.7 cm³/mol.